The second-order valence-electron chi connectivity index (χ2n) is 5.65. The predicted octanol–water partition coefficient (Wildman–Crippen LogP) is 0.913. The molecule has 0 saturated heterocycles. The van der Waals surface area contributed by atoms with Crippen LogP contribution in [0.4, 0.5) is 4.39 Å². The largest absolute Gasteiger partial charge is 0.480 e. The van der Waals surface area contributed by atoms with Gasteiger partial charge in [-0.25, -0.2) is 17.5 Å². The van der Waals surface area contributed by atoms with Crippen LogP contribution in [0.15, 0.2) is 23.1 Å². The summed E-state index contributed by atoms with van der Waals surface area (Å²) in [6.07, 6.45) is 1.01. The van der Waals surface area contributed by atoms with Gasteiger partial charge in [0.1, 0.15) is 11.9 Å². The lowest BCUT2D eigenvalue weighted by molar-refractivity contribution is -0.139. The van der Waals surface area contributed by atoms with Crippen molar-refractivity contribution in [1.29, 1.82) is 5.26 Å². The maximum absolute atomic E-state index is 13.3. The molecule has 1 aliphatic rings. The van der Waals surface area contributed by atoms with Gasteiger partial charge in [0.2, 0.25) is 10.0 Å². The van der Waals surface area contributed by atoms with Crippen molar-refractivity contribution in [2.75, 3.05) is 13.1 Å². The molecule has 0 heterocycles. The molecule has 0 amide bonds. The SMILES string of the molecule is CCN(CC(=O)O)C1CC(NS(=O)(=O)c2ccc(F)c(C#N)c2)C1. The first-order valence-corrected chi connectivity index (χ1v) is 8.93. The number of halogens is 1. The Morgan fingerprint density at radius 2 is 2.17 bits per heavy atom. The first kappa shape index (κ1) is 18.3. The number of likely N-dealkylation sites (N-methyl/N-ethyl adjacent to an activating group) is 1. The highest BCUT2D eigenvalue weighted by molar-refractivity contribution is 7.89. The molecule has 0 spiro atoms. The number of carbonyl (C=O) groups is 1. The lowest BCUT2D eigenvalue weighted by atomic mass is 9.86. The second-order valence-corrected chi connectivity index (χ2v) is 7.37. The minimum absolute atomic E-state index is 0.0155. The number of hydrogen-bond acceptors (Lipinski definition) is 5. The maximum Gasteiger partial charge on any atom is 0.317 e. The molecular weight excluding hydrogens is 337 g/mol. The number of nitriles is 1. The molecule has 7 nitrogen and oxygen atoms in total. The van der Waals surface area contributed by atoms with Crippen LogP contribution in [0, 0.1) is 17.1 Å². The van der Waals surface area contributed by atoms with Crippen molar-refractivity contribution in [3.05, 3.63) is 29.6 Å². The third-order valence-electron chi connectivity index (χ3n) is 4.06. The van der Waals surface area contributed by atoms with Gasteiger partial charge in [-0.05, 0) is 37.6 Å². The molecule has 2 rings (SSSR count). The maximum atomic E-state index is 13.3. The molecule has 2 N–H and O–H groups in total. The predicted molar refractivity (Wildman–Crippen MR) is 83.1 cm³/mol. The Hall–Kier alpha value is -2.02. The van der Waals surface area contributed by atoms with Crippen LogP contribution in [0.5, 0.6) is 0 Å². The van der Waals surface area contributed by atoms with Gasteiger partial charge in [-0.15, -0.1) is 0 Å². The number of benzene rings is 1. The normalized spacial score (nSPS) is 20.4. The molecule has 1 saturated carbocycles. The molecule has 0 aliphatic heterocycles. The van der Waals surface area contributed by atoms with E-state index in [1.807, 2.05) is 6.92 Å². The molecule has 24 heavy (non-hydrogen) atoms. The molecule has 1 aromatic carbocycles. The van der Waals surface area contributed by atoms with Crippen LogP contribution >= 0.6 is 0 Å². The third-order valence-corrected chi connectivity index (χ3v) is 5.58. The zero-order valence-corrected chi connectivity index (χ0v) is 13.9. The first-order valence-electron chi connectivity index (χ1n) is 7.44. The van der Waals surface area contributed by atoms with Gasteiger partial charge in [-0.2, -0.15) is 5.26 Å². The van der Waals surface area contributed by atoms with E-state index in [-0.39, 0.29) is 29.1 Å². The van der Waals surface area contributed by atoms with Crippen molar-refractivity contribution in [2.45, 2.75) is 36.7 Å². The molecule has 1 fully saturated rings. The van der Waals surface area contributed by atoms with Crippen LogP contribution < -0.4 is 4.72 Å². The average molecular weight is 355 g/mol. The molecule has 130 valence electrons. The Kier molecular flexibility index (Phi) is 5.54. The van der Waals surface area contributed by atoms with Gasteiger partial charge in [0.15, 0.2) is 0 Å². The molecule has 1 aromatic rings. The van der Waals surface area contributed by atoms with Crippen molar-refractivity contribution in [3.8, 4) is 6.07 Å². The summed E-state index contributed by atoms with van der Waals surface area (Å²) in [6.45, 7) is 2.34. The molecule has 0 unspecified atom stereocenters. The average Bonchev–Trinajstić information content (AvgIpc) is 2.48. The molecule has 1 aliphatic carbocycles. The Balaban J connectivity index is 2.00. The Labute approximate surface area is 139 Å². The number of nitrogens with one attached hydrogen (secondary N) is 1. The summed E-state index contributed by atoms with van der Waals surface area (Å²) in [5.74, 6) is -1.69. The van der Waals surface area contributed by atoms with E-state index in [2.05, 4.69) is 4.72 Å². The fourth-order valence-corrected chi connectivity index (χ4v) is 3.99. The van der Waals surface area contributed by atoms with Crippen LogP contribution in [0.1, 0.15) is 25.3 Å². The van der Waals surface area contributed by atoms with Crippen LogP contribution in [-0.4, -0.2) is 49.6 Å². The number of nitrogens with zero attached hydrogens (tertiary/aromatic N) is 2. The van der Waals surface area contributed by atoms with Gasteiger partial charge in [0, 0.05) is 12.1 Å². The highest BCUT2D eigenvalue weighted by atomic mass is 32.2. The summed E-state index contributed by atoms with van der Waals surface area (Å²) in [4.78, 5) is 12.4. The zero-order chi connectivity index (χ0) is 17.9. The second kappa shape index (κ2) is 7.25. The first-order chi connectivity index (χ1) is 11.3. The fourth-order valence-electron chi connectivity index (χ4n) is 2.70. The van der Waals surface area contributed by atoms with E-state index in [4.69, 9.17) is 10.4 Å². The van der Waals surface area contributed by atoms with Crippen molar-refractivity contribution < 1.29 is 22.7 Å². The van der Waals surface area contributed by atoms with E-state index in [0.717, 1.165) is 18.2 Å². The number of aliphatic carboxylic acids is 1. The Bertz CT molecular complexity index is 769. The summed E-state index contributed by atoms with van der Waals surface area (Å²) in [6, 6.07) is 4.37. The van der Waals surface area contributed by atoms with Gasteiger partial charge in [-0.1, -0.05) is 6.92 Å². The van der Waals surface area contributed by atoms with Gasteiger partial charge < -0.3 is 5.11 Å². The van der Waals surface area contributed by atoms with Gasteiger partial charge >= 0.3 is 5.97 Å². The van der Waals surface area contributed by atoms with Gasteiger partial charge in [0.25, 0.3) is 0 Å². The van der Waals surface area contributed by atoms with Crippen LogP contribution in [0.2, 0.25) is 0 Å². The van der Waals surface area contributed by atoms with Crippen LogP contribution in [0.3, 0.4) is 0 Å². The van der Waals surface area contributed by atoms with E-state index in [9.17, 15) is 17.6 Å². The number of carboxylic acids is 1. The molecule has 9 heteroatoms. The van der Waals surface area contributed by atoms with E-state index in [1.165, 1.54) is 0 Å². The zero-order valence-electron chi connectivity index (χ0n) is 13.1. The van der Waals surface area contributed by atoms with E-state index < -0.39 is 21.8 Å². The van der Waals surface area contributed by atoms with E-state index in [0.29, 0.717) is 19.4 Å². The molecule has 0 radical (unpaired) electrons. The minimum Gasteiger partial charge on any atom is -0.480 e. The molecular formula is C15H18FN3O4S. The monoisotopic (exact) mass is 355 g/mol. The topological polar surface area (TPSA) is 110 Å². The van der Waals surface area contributed by atoms with Crippen molar-refractivity contribution >= 4 is 16.0 Å². The third kappa shape index (κ3) is 4.08. The lowest BCUT2D eigenvalue weighted by Gasteiger charge is -2.42. The van der Waals surface area contributed by atoms with Crippen molar-refractivity contribution in [1.82, 2.24) is 9.62 Å². The summed E-state index contributed by atoms with van der Waals surface area (Å²) in [7, 11) is -3.85. The van der Waals surface area contributed by atoms with Crippen LogP contribution in [0.25, 0.3) is 0 Å². The molecule has 0 bridgehead atoms. The highest BCUT2D eigenvalue weighted by Gasteiger charge is 2.36. The van der Waals surface area contributed by atoms with E-state index >= 15 is 0 Å². The summed E-state index contributed by atoms with van der Waals surface area (Å²) < 4.78 is 40.4. The fraction of sp³-hybridized carbons (Fsp3) is 0.467. The summed E-state index contributed by atoms with van der Waals surface area (Å²) >= 11 is 0. The standard InChI is InChI=1S/C15H18FN3O4S/c1-2-19(9-15(20)21)12-6-11(7-12)18-24(22,23)13-3-4-14(16)10(5-13)8-17/h3-5,11-12,18H,2,6-7,9H2,1H3,(H,20,21). The van der Waals surface area contributed by atoms with Crippen molar-refractivity contribution in [3.63, 3.8) is 0 Å². The van der Waals surface area contributed by atoms with Gasteiger partial charge in [0.05, 0.1) is 17.0 Å². The number of sulfonamides is 1. The van der Waals surface area contributed by atoms with Crippen LogP contribution in [-0.2, 0) is 14.8 Å². The Morgan fingerprint density at radius 3 is 2.71 bits per heavy atom. The number of carboxylic acid groups (broad SMARTS) is 1. The molecule has 0 aromatic heterocycles. The van der Waals surface area contributed by atoms with Crippen molar-refractivity contribution in [2.24, 2.45) is 0 Å². The quantitative estimate of drug-likeness (QED) is 0.752. The van der Waals surface area contributed by atoms with E-state index in [1.54, 1.807) is 11.0 Å². The highest BCUT2D eigenvalue weighted by Crippen LogP contribution is 2.27. The smallest absolute Gasteiger partial charge is 0.317 e. The lowest BCUT2D eigenvalue weighted by Crippen LogP contribution is -2.54. The number of rotatable bonds is 7. The Morgan fingerprint density at radius 1 is 1.50 bits per heavy atom. The summed E-state index contributed by atoms with van der Waals surface area (Å²) in [5.41, 5.74) is -0.331. The molecule has 0 atom stereocenters. The summed E-state index contributed by atoms with van der Waals surface area (Å²) in [5, 5.41) is 17.6. The minimum atomic E-state index is -3.85. The number of hydrogen-bond donors (Lipinski definition) is 2. The van der Waals surface area contributed by atoms with Gasteiger partial charge in [-0.3, -0.25) is 9.69 Å².